The maximum Gasteiger partial charge on any atom is 0.416 e. The van der Waals surface area contributed by atoms with Crippen LogP contribution in [0.5, 0.6) is 0 Å². The number of benzene rings is 2. The van der Waals surface area contributed by atoms with E-state index in [2.05, 4.69) is 15.9 Å². The van der Waals surface area contributed by atoms with E-state index in [0.717, 1.165) is 0 Å². The summed E-state index contributed by atoms with van der Waals surface area (Å²) in [6.07, 6.45) is -6.55. The summed E-state index contributed by atoms with van der Waals surface area (Å²) >= 11 is 2.94. The number of aliphatic hydroxyl groups is 1. The minimum atomic E-state index is -4.62. The second-order valence-electron chi connectivity index (χ2n) is 4.67. The lowest BCUT2D eigenvalue weighted by molar-refractivity contribution is -0.137. The standard InChI is InChI=1S/C15H10BrF5O/c16-11-3-1-2-10(14(11)18)13(22)7-8-6-9(15(19,20)21)4-5-12(8)17/h1-6,13,22H,7H2/t13-/m0/s1. The van der Waals surface area contributed by atoms with Gasteiger partial charge in [0, 0.05) is 12.0 Å². The Hall–Kier alpha value is -1.47. The monoisotopic (exact) mass is 380 g/mol. The minimum absolute atomic E-state index is 0.105. The molecule has 0 heterocycles. The fourth-order valence-electron chi connectivity index (χ4n) is 2.00. The summed E-state index contributed by atoms with van der Waals surface area (Å²) in [6.45, 7) is 0. The summed E-state index contributed by atoms with van der Waals surface area (Å²) in [7, 11) is 0. The van der Waals surface area contributed by atoms with Crippen molar-refractivity contribution >= 4 is 15.9 Å². The summed E-state index contributed by atoms with van der Waals surface area (Å²) < 4.78 is 65.5. The molecule has 0 bridgehead atoms. The highest BCUT2D eigenvalue weighted by molar-refractivity contribution is 9.10. The maximum atomic E-state index is 13.8. The molecule has 0 aromatic heterocycles. The van der Waals surface area contributed by atoms with Gasteiger partial charge in [-0.2, -0.15) is 13.2 Å². The molecule has 1 N–H and O–H groups in total. The predicted octanol–water partition coefficient (Wildman–Crippen LogP) is 5.02. The van der Waals surface area contributed by atoms with Crippen LogP contribution in [0.4, 0.5) is 22.0 Å². The number of hydrogen-bond donors (Lipinski definition) is 1. The average Bonchev–Trinajstić information content (AvgIpc) is 2.43. The Bertz CT molecular complexity index is 684. The van der Waals surface area contributed by atoms with E-state index in [1.54, 1.807) is 0 Å². The zero-order valence-corrected chi connectivity index (χ0v) is 12.5. The van der Waals surface area contributed by atoms with E-state index in [0.29, 0.717) is 18.2 Å². The van der Waals surface area contributed by atoms with Gasteiger partial charge in [0.1, 0.15) is 11.6 Å². The molecule has 0 saturated carbocycles. The van der Waals surface area contributed by atoms with Crippen molar-refractivity contribution in [1.29, 1.82) is 0 Å². The van der Waals surface area contributed by atoms with Gasteiger partial charge in [0.15, 0.2) is 0 Å². The van der Waals surface area contributed by atoms with Gasteiger partial charge < -0.3 is 5.11 Å². The summed E-state index contributed by atoms with van der Waals surface area (Å²) in [6, 6.07) is 6.09. The summed E-state index contributed by atoms with van der Waals surface area (Å²) in [5.74, 6) is -1.62. The molecule has 1 atom stereocenters. The molecule has 7 heteroatoms. The van der Waals surface area contributed by atoms with Crippen LogP contribution in [0.2, 0.25) is 0 Å². The predicted molar refractivity (Wildman–Crippen MR) is 74.2 cm³/mol. The Morgan fingerprint density at radius 3 is 2.41 bits per heavy atom. The second kappa shape index (κ2) is 6.34. The van der Waals surface area contributed by atoms with Gasteiger partial charge in [0.25, 0.3) is 0 Å². The molecule has 2 rings (SSSR count). The van der Waals surface area contributed by atoms with Gasteiger partial charge in [0.05, 0.1) is 16.1 Å². The molecule has 0 amide bonds. The Morgan fingerprint density at radius 1 is 1.09 bits per heavy atom. The summed E-state index contributed by atoms with van der Waals surface area (Å²) in [4.78, 5) is 0. The number of halogens is 6. The van der Waals surface area contributed by atoms with Gasteiger partial charge in [0.2, 0.25) is 0 Å². The number of hydrogen-bond acceptors (Lipinski definition) is 1. The van der Waals surface area contributed by atoms with Gasteiger partial charge in [-0.25, -0.2) is 8.78 Å². The van der Waals surface area contributed by atoms with Crippen LogP contribution in [0.25, 0.3) is 0 Å². The first-order valence-electron chi connectivity index (χ1n) is 6.17. The normalized spacial score (nSPS) is 13.2. The largest absolute Gasteiger partial charge is 0.416 e. The topological polar surface area (TPSA) is 20.2 Å². The maximum absolute atomic E-state index is 13.8. The van der Waals surface area contributed by atoms with Crippen molar-refractivity contribution in [3.8, 4) is 0 Å². The molecule has 0 spiro atoms. The van der Waals surface area contributed by atoms with Crippen LogP contribution >= 0.6 is 15.9 Å². The first-order valence-corrected chi connectivity index (χ1v) is 6.97. The van der Waals surface area contributed by atoms with Crippen molar-refractivity contribution in [2.45, 2.75) is 18.7 Å². The molecule has 0 unspecified atom stereocenters. The summed E-state index contributed by atoms with van der Waals surface area (Å²) in [5.41, 5.74) is -1.47. The Kier molecular flexibility index (Phi) is 4.87. The lowest BCUT2D eigenvalue weighted by Crippen LogP contribution is -2.10. The van der Waals surface area contributed by atoms with Crippen LogP contribution in [0, 0.1) is 11.6 Å². The van der Waals surface area contributed by atoms with Crippen LogP contribution in [0.3, 0.4) is 0 Å². The first kappa shape index (κ1) is 16.9. The summed E-state index contributed by atoms with van der Waals surface area (Å²) in [5, 5.41) is 9.99. The number of alkyl halides is 3. The van der Waals surface area contributed by atoms with Crippen LogP contribution in [-0.4, -0.2) is 5.11 Å². The van der Waals surface area contributed by atoms with Crippen LogP contribution in [0.1, 0.15) is 22.8 Å². The van der Waals surface area contributed by atoms with E-state index in [1.165, 1.54) is 18.2 Å². The smallest absolute Gasteiger partial charge is 0.388 e. The SMILES string of the molecule is O[C@@H](Cc1cc(C(F)(F)F)ccc1F)c1cccc(Br)c1F. The van der Waals surface area contributed by atoms with Gasteiger partial charge in [-0.1, -0.05) is 12.1 Å². The Balaban J connectivity index is 2.32. The van der Waals surface area contributed by atoms with E-state index >= 15 is 0 Å². The third kappa shape index (κ3) is 3.64. The highest BCUT2D eigenvalue weighted by atomic mass is 79.9. The molecular weight excluding hydrogens is 371 g/mol. The van der Waals surface area contributed by atoms with Crippen molar-refractivity contribution in [2.24, 2.45) is 0 Å². The number of aliphatic hydroxyl groups excluding tert-OH is 1. The lowest BCUT2D eigenvalue weighted by atomic mass is 9.99. The van der Waals surface area contributed by atoms with Crippen LogP contribution < -0.4 is 0 Å². The molecule has 0 radical (unpaired) electrons. The lowest BCUT2D eigenvalue weighted by Gasteiger charge is -2.15. The molecule has 0 saturated heterocycles. The number of rotatable bonds is 3. The van der Waals surface area contributed by atoms with Crippen LogP contribution in [0.15, 0.2) is 40.9 Å². The van der Waals surface area contributed by atoms with Crippen molar-refractivity contribution < 1.29 is 27.1 Å². The highest BCUT2D eigenvalue weighted by Gasteiger charge is 2.31. The van der Waals surface area contributed by atoms with E-state index < -0.39 is 35.9 Å². The Morgan fingerprint density at radius 2 is 1.77 bits per heavy atom. The molecule has 0 aliphatic carbocycles. The molecule has 2 aromatic rings. The molecule has 2 aromatic carbocycles. The first-order chi connectivity index (χ1) is 10.2. The molecule has 22 heavy (non-hydrogen) atoms. The van der Waals surface area contributed by atoms with E-state index in [9.17, 15) is 27.1 Å². The van der Waals surface area contributed by atoms with Gasteiger partial charge in [-0.05, 0) is 45.8 Å². The molecule has 0 aliphatic rings. The third-order valence-corrected chi connectivity index (χ3v) is 3.74. The molecule has 0 fully saturated rings. The molecular formula is C15H10BrF5O. The van der Waals surface area contributed by atoms with Gasteiger partial charge >= 0.3 is 6.18 Å². The van der Waals surface area contributed by atoms with Gasteiger partial charge in [-0.15, -0.1) is 0 Å². The van der Waals surface area contributed by atoms with Crippen molar-refractivity contribution in [3.05, 3.63) is 69.2 Å². The minimum Gasteiger partial charge on any atom is -0.388 e. The second-order valence-corrected chi connectivity index (χ2v) is 5.52. The zero-order valence-electron chi connectivity index (χ0n) is 11.0. The van der Waals surface area contributed by atoms with Crippen molar-refractivity contribution in [2.75, 3.05) is 0 Å². The molecule has 0 aliphatic heterocycles. The van der Waals surface area contributed by atoms with E-state index in [1.807, 2.05) is 0 Å². The van der Waals surface area contributed by atoms with Crippen molar-refractivity contribution in [1.82, 2.24) is 0 Å². The average molecular weight is 381 g/mol. The quantitative estimate of drug-likeness (QED) is 0.741. The fraction of sp³-hybridized carbons (Fsp3) is 0.200. The Labute approximate surface area is 131 Å². The van der Waals surface area contributed by atoms with Gasteiger partial charge in [-0.3, -0.25) is 0 Å². The van der Waals surface area contributed by atoms with Crippen molar-refractivity contribution in [3.63, 3.8) is 0 Å². The fourth-order valence-corrected chi connectivity index (χ4v) is 2.39. The third-order valence-electron chi connectivity index (χ3n) is 3.13. The van der Waals surface area contributed by atoms with E-state index in [-0.39, 0.29) is 15.6 Å². The van der Waals surface area contributed by atoms with Crippen LogP contribution in [-0.2, 0) is 12.6 Å². The molecule has 1 nitrogen and oxygen atoms in total. The zero-order chi connectivity index (χ0) is 16.5. The van der Waals surface area contributed by atoms with E-state index in [4.69, 9.17) is 0 Å². The highest BCUT2D eigenvalue weighted by Crippen LogP contribution is 2.32. The molecule has 118 valence electrons.